The van der Waals surface area contributed by atoms with Gasteiger partial charge in [-0.1, -0.05) is 6.08 Å². The Morgan fingerprint density at radius 3 is 2.94 bits per heavy atom. The first-order valence-electron chi connectivity index (χ1n) is 5.17. The van der Waals surface area contributed by atoms with E-state index in [-0.39, 0.29) is 24.3 Å². The Kier molecular flexibility index (Phi) is 4.84. The average molecular weight is 248 g/mol. The van der Waals surface area contributed by atoms with Gasteiger partial charge in [0.15, 0.2) is 6.61 Å². The van der Waals surface area contributed by atoms with Crippen molar-refractivity contribution in [1.29, 1.82) is 5.26 Å². The van der Waals surface area contributed by atoms with Crippen LogP contribution in [0, 0.1) is 21.4 Å². The highest BCUT2D eigenvalue weighted by atomic mass is 16.6. The molecule has 18 heavy (non-hydrogen) atoms. The number of nitro groups is 1. The van der Waals surface area contributed by atoms with Gasteiger partial charge in [0, 0.05) is 6.07 Å². The molecule has 6 heteroatoms. The van der Waals surface area contributed by atoms with Crippen LogP contribution in [0.1, 0.15) is 18.1 Å². The maximum absolute atomic E-state index is 10.8. The molecule has 1 aromatic carbocycles. The third-order valence-corrected chi connectivity index (χ3v) is 2.25. The predicted octanol–water partition coefficient (Wildman–Crippen LogP) is 2.11. The molecule has 6 nitrogen and oxygen atoms in total. The van der Waals surface area contributed by atoms with Gasteiger partial charge in [0.2, 0.25) is 0 Å². The highest BCUT2D eigenvalue weighted by molar-refractivity contribution is 5.46. The third-order valence-electron chi connectivity index (χ3n) is 2.25. The lowest BCUT2D eigenvalue weighted by molar-refractivity contribution is -0.386. The number of aliphatic hydroxyl groups is 1. The van der Waals surface area contributed by atoms with Crippen molar-refractivity contribution < 1.29 is 14.8 Å². The molecule has 0 fully saturated rings. The van der Waals surface area contributed by atoms with Gasteiger partial charge in [0.05, 0.1) is 16.6 Å². The molecule has 1 unspecified atom stereocenters. The largest absolute Gasteiger partial charge is 0.479 e. The summed E-state index contributed by atoms with van der Waals surface area (Å²) in [6, 6.07) is 5.79. The third kappa shape index (κ3) is 3.30. The van der Waals surface area contributed by atoms with Gasteiger partial charge in [0.1, 0.15) is 11.8 Å². The molecule has 1 atom stereocenters. The Morgan fingerprint density at radius 1 is 1.67 bits per heavy atom. The first-order valence-corrected chi connectivity index (χ1v) is 5.17. The summed E-state index contributed by atoms with van der Waals surface area (Å²) >= 11 is 0. The highest BCUT2D eigenvalue weighted by Gasteiger charge is 2.20. The van der Waals surface area contributed by atoms with Crippen LogP contribution < -0.4 is 4.74 Å². The molecule has 0 bridgehead atoms. The van der Waals surface area contributed by atoms with E-state index >= 15 is 0 Å². The molecule has 0 radical (unpaired) electrons. The Labute approximate surface area is 104 Å². The van der Waals surface area contributed by atoms with Gasteiger partial charge in [-0.2, -0.15) is 5.26 Å². The van der Waals surface area contributed by atoms with Crippen LogP contribution in [-0.4, -0.2) is 16.6 Å². The minimum absolute atomic E-state index is 0.148. The molecule has 1 aromatic rings. The number of hydrogen-bond acceptors (Lipinski definition) is 5. The first kappa shape index (κ1) is 13.7. The Morgan fingerprint density at radius 2 is 2.39 bits per heavy atom. The van der Waals surface area contributed by atoms with Crippen LogP contribution in [0.5, 0.6) is 5.75 Å². The second-order valence-electron chi connectivity index (χ2n) is 3.46. The number of nitriles is 1. The van der Waals surface area contributed by atoms with Crippen molar-refractivity contribution in [2.75, 3.05) is 6.61 Å². The summed E-state index contributed by atoms with van der Waals surface area (Å²) in [5.41, 5.74) is -0.0380. The van der Waals surface area contributed by atoms with E-state index in [0.29, 0.717) is 5.75 Å². The lowest BCUT2D eigenvalue weighted by atomic mass is 10.0. The van der Waals surface area contributed by atoms with Crippen molar-refractivity contribution in [2.45, 2.75) is 12.5 Å². The summed E-state index contributed by atoms with van der Waals surface area (Å²) in [7, 11) is 0. The monoisotopic (exact) mass is 248 g/mol. The van der Waals surface area contributed by atoms with Gasteiger partial charge in [-0.15, -0.1) is 6.58 Å². The predicted molar refractivity (Wildman–Crippen MR) is 64.0 cm³/mol. The van der Waals surface area contributed by atoms with E-state index < -0.39 is 11.0 Å². The molecular weight excluding hydrogens is 236 g/mol. The zero-order valence-corrected chi connectivity index (χ0v) is 9.57. The SMILES string of the molecule is C=CCC(O)c1cc(OCC#N)ccc1[N+](=O)[O-]. The maximum atomic E-state index is 10.8. The van der Waals surface area contributed by atoms with E-state index in [9.17, 15) is 15.2 Å². The lowest BCUT2D eigenvalue weighted by Crippen LogP contribution is -2.03. The molecule has 0 amide bonds. The minimum Gasteiger partial charge on any atom is -0.479 e. The van der Waals surface area contributed by atoms with Crippen molar-refractivity contribution >= 4 is 5.69 Å². The fourth-order valence-electron chi connectivity index (χ4n) is 1.46. The van der Waals surface area contributed by atoms with Crippen molar-refractivity contribution in [2.24, 2.45) is 0 Å². The number of aliphatic hydroxyl groups excluding tert-OH is 1. The van der Waals surface area contributed by atoms with Crippen molar-refractivity contribution in [1.82, 2.24) is 0 Å². The molecule has 0 spiro atoms. The van der Waals surface area contributed by atoms with E-state index in [1.807, 2.05) is 0 Å². The first-order chi connectivity index (χ1) is 8.60. The number of hydrogen-bond donors (Lipinski definition) is 1. The van der Waals surface area contributed by atoms with E-state index in [4.69, 9.17) is 10.00 Å². The fraction of sp³-hybridized carbons (Fsp3) is 0.250. The van der Waals surface area contributed by atoms with Gasteiger partial charge in [-0.05, 0) is 18.6 Å². The van der Waals surface area contributed by atoms with Crippen LogP contribution in [-0.2, 0) is 0 Å². The number of rotatable bonds is 6. The van der Waals surface area contributed by atoms with Gasteiger partial charge < -0.3 is 9.84 Å². The second-order valence-corrected chi connectivity index (χ2v) is 3.46. The topological polar surface area (TPSA) is 96.4 Å². The summed E-state index contributed by atoms with van der Waals surface area (Å²) in [6.45, 7) is 3.31. The summed E-state index contributed by atoms with van der Waals surface area (Å²) < 4.78 is 5.04. The summed E-state index contributed by atoms with van der Waals surface area (Å²) in [5.74, 6) is 0.306. The van der Waals surface area contributed by atoms with Crippen LogP contribution in [0.4, 0.5) is 5.69 Å². The van der Waals surface area contributed by atoms with Crippen LogP contribution in [0.3, 0.4) is 0 Å². The van der Waals surface area contributed by atoms with E-state index in [1.165, 1.54) is 24.3 Å². The molecule has 1 N–H and O–H groups in total. The van der Waals surface area contributed by atoms with Gasteiger partial charge in [-0.3, -0.25) is 10.1 Å². The van der Waals surface area contributed by atoms with Crippen LogP contribution in [0.25, 0.3) is 0 Å². The van der Waals surface area contributed by atoms with Crippen molar-refractivity contribution in [3.8, 4) is 11.8 Å². The van der Waals surface area contributed by atoms with Crippen molar-refractivity contribution in [3.05, 3.63) is 46.5 Å². The summed E-state index contributed by atoms with van der Waals surface area (Å²) in [6.07, 6.45) is 0.647. The smallest absolute Gasteiger partial charge is 0.275 e. The zero-order valence-electron chi connectivity index (χ0n) is 9.57. The molecule has 0 saturated carbocycles. The van der Waals surface area contributed by atoms with E-state index in [0.717, 1.165) is 0 Å². The molecule has 0 aliphatic carbocycles. The molecule has 0 aromatic heterocycles. The number of ether oxygens (including phenoxy) is 1. The minimum atomic E-state index is -1.02. The molecule has 1 rings (SSSR count). The molecular formula is C12H12N2O4. The summed E-state index contributed by atoms with van der Waals surface area (Å²) in [4.78, 5) is 10.3. The van der Waals surface area contributed by atoms with Crippen LogP contribution >= 0.6 is 0 Å². The standard InChI is InChI=1S/C12H12N2O4/c1-2-3-12(15)10-8-9(18-7-6-13)4-5-11(10)14(16)17/h2,4-5,8,12,15H,1,3,7H2. The molecule has 94 valence electrons. The lowest BCUT2D eigenvalue weighted by Gasteiger charge is -2.10. The van der Waals surface area contributed by atoms with Crippen LogP contribution in [0.15, 0.2) is 30.9 Å². The van der Waals surface area contributed by atoms with Crippen molar-refractivity contribution in [3.63, 3.8) is 0 Å². The number of benzene rings is 1. The van der Waals surface area contributed by atoms with Gasteiger partial charge >= 0.3 is 0 Å². The fourth-order valence-corrected chi connectivity index (χ4v) is 1.46. The van der Waals surface area contributed by atoms with Gasteiger partial charge in [-0.25, -0.2) is 0 Å². The molecule has 0 aliphatic heterocycles. The Balaban J connectivity index is 3.11. The Hall–Kier alpha value is -2.39. The quantitative estimate of drug-likeness (QED) is 0.472. The maximum Gasteiger partial charge on any atom is 0.275 e. The number of nitrogens with zero attached hydrogens (tertiary/aromatic N) is 2. The van der Waals surface area contributed by atoms with Gasteiger partial charge in [0.25, 0.3) is 5.69 Å². The molecule has 0 saturated heterocycles. The highest BCUT2D eigenvalue weighted by Crippen LogP contribution is 2.31. The summed E-state index contributed by atoms with van der Waals surface area (Å²) in [5, 5.41) is 29.0. The molecule has 0 heterocycles. The normalized spacial score (nSPS) is 11.3. The average Bonchev–Trinajstić information content (AvgIpc) is 2.36. The zero-order chi connectivity index (χ0) is 13.5. The van der Waals surface area contributed by atoms with Crippen LogP contribution in [0.2, 0.25) is 0 Å². The van der Waals surface area contributed by atoms with E-state index in [1.54, 1.807) is 6.07 Å². The number of nitro benzene ring substituents is 1. The second kappa shape index (κ2) is 6.37. The Bertz CT molecular complexity index is 493. The van der Waals surface area contributed by atoms with E-state index in [2.05, 4.69) is 6.58 Å². The molecule has 0 aliphatic rings.